The topological polar surface area (TPSA) is 64.6 Å². The minimum atomic E-state index is -3.57. The molecule has 2 aromatic rings. The Morgan fingerprint density at radius 2 is 1.86 bits per heavy atom. The number of sulfonamides is 1. The van der Waals surface area contributed by atoms with Crippen LogP contribution in [0.5, 0.6) is 11.5 Å². The second kappa shape index (κ2) is 7.38. The number of halogens is 1. The second-order valence-corrected chi connectivity index (χ2v) is 6.71. The van der Waals surface area contributed by atoms with E-state index in [1.807, 2.05) is 18.2 Å². The van der Waals surface area contributed by atoms with Crippen molar-refractivity contribution in [3.8, 4) is 11.5 Å². The summed E-state index contributed by atoms with van der Waals surface area (Å²) in [6, 6.07) is 13.7. The lowest BCUT2D eigenvalue weighted by Crippen LogP contribution is -2.21. The lowest BCUT2D eigenvalue weighted by molar-refractivity contribution is 0.341. The van der Waals surface area contributed by atoms with E-state index in [1.54, 1.807) is 24.3 Å². The van der Waals surface area contributed by atoms with E-state index < -0.39 is 10.0 Å². The van der Waals surface area contributed by atoms with Crippen LogP contribution in [0.4, 0.5) is 5.69 Å². The van der Waals surface area contributed by atoms with E-state index in [9.17, 15) is 8.42 Å². The largest absolute Gasteiger partial charge is 0.495 e. The Hall–Kier alpha value is -1.92. The maximum atomic E-state index is 12.1. The fourth-order valence-corrected chi connectivity index (χ4v) is 2.84. The van der Waals surface area contributed by atoms with E-state index in [1.165, 1.54) is 13.2 Å². The quantitative estimate of drug-likeness (QED) is 0.840. The highest BCUT2D eigenvalue weighted by Crippen LogP contribution is 2.28. The number of benzene rings is 2. The highest BCUT2D eigenvalue weighted by atomic mass is 35.5. The van der Waals surface area contributed by atoms with Crippen LogP contribution >= 0.6 is 11.6 Å². The van der Waals surface area contributed by atoms with Crippen molar-refractivity contribution < 1.29 is 17.9 Å². The fraction of sp³-hybridized carbons (Fsp3) is 0.200. The molecule has 0 unspecified atom stereocenters. The molecule has 118 valence electrons. The number of ether oxygens (including phenoxy) is 2. The normalized spacial score (nSPS) is 11.0. The molecule has 0 fully saturated rings. The Morgan fingerprint density at radius 3 is 2.55 bits per heavy atom. The van der Waals surface area contributed by atoms with Crippen LogP contribution in [-0.4, -0.2) is 27.9 Å². The Kier molecular flexibility index (Phi) is 5.51. The standard InChI is InChI=1S/C15H16ClNO4S/c1-20-15-8-7-12(16)11-14(15)17-22(18,19)10-9-21-13-5-3-2-4-6-13/h2-8,11,17H,9-10H2,1H3. The number of hydrogen-bond acceptors (Lipinski definition) is 4. The van der Waals surface area contributed by atoms with Crippen molar-refractivity contribution in [1.29, 1.82) is 0 Å². The zero-order chi connectivity index (χ0) is 16.0. The van der Waals surface area contributed by atoms with Gasteiger partial charge in [0.15, 0.2) is 0 Å². The molecule has 0 atom stereocenters. The minimum Gasteiger partial charge on any atom is -0.495 e. The van der Waals surface area contributed by atoms with Gasteiger partial charge in [0.25, 0.3) is 0 Å². The molecule has 0 heterocycles. The molecular weight excluding hydrogens is 326 g/mol. The Balaban J connectivity index is 1.98. The van der Waals surface area contributed by atoms with Crippen LogP contribution in [0.2, 0.25) is 5.02 Å². The average Bonchev–Trinajstić information content (AvgIpc) is 2.48. The first-order chi connectivity index (χ1) is 10.5. The Bertz CT molecular complexity index is 720. The third-order valence-electron chi connectivity index (χ3n) is 2.79. The molecule has 0 aromatic heterocycles. The summed E-state index contributed by atoms with van der Waals surface area (Å²) in [5, 5.41) is 0.416. The third-order valence-corrected chi connectivity index (χ3v) is 4.26. The van der Waals surface area contributed by atoms with Gasteiger partial charge in [-0.15, -0.1) is 0 Å². The van der Waals surface area contributed by atoms with Crippen LogP contribution < -0.4 is 14.2 Å². The number of rotatable bonds is 7. The molecule has 22 heavy (non-hydrogen) atoms. The zero-order valence-corrected chi connectivity index (χ0v) is 13.5. The van der Waals surface area contributed by atoms with Crippen LogP contribution in [0.3, 0.4) is 0 Å². The Morgan fingerprint density at radius 1 is 1.14 bits per heavy atom. The molecule has 0 amide bonds. The van der Waals surface area contributed by atoms with Crippen molar-refractivity contribution >= 4 is 27.3 Å². The first kappa shape index (κ1) is 16.5. The first-order valence-corrected chi connectivity index (χ1v) is 8.55. The van der Waals surface area contributed by atoms with Crippen molar-refractivity contribution in [3.05, 3.63) is 53.6 Å². The summed E-state index contributed by atoms with van der Waals surface area (Å²) in [4.78, 5) is 0. The minimum absolute atomic E-state index is 0.0439. The van der Waals surface area contributed by atoms with Gasteiger partial charge in [-0.3, -0.25) is 4.72 Å². The first-order valence-electron chi connectivity index (χ1n) is 6.52. The number of hydrogen-bond donors (Lipinski definition) is 1. The van der Waals surface area contributed by atoms with Crippen molar-refractivity contribution in [2.24, 2.45) is 0 Å². The summed E-state index contributed by atoms with van der Waals surface area (Å²) in [5.74, 6) is 0.840. The SMILES string of the molecule is COc1ccc(Cl)cc1NS(=O)(=O)CCOc1ccccc1. The summed E-state index contributed by atoms with van der Waals surface area (Å²) in [6.45, 7) is 0.0439. The van der Waals surface area contributed by atoms with Crippen molar-refractivity contribution in [1.82, 2.24) is 0 Å². The smallest absolute Gasteiger partial charge is 0.236 e. The number of anilines is 1. The van der Waals surface area contributed by atoms with Gasteiger partial charge in [0, 0.05) is 5.02 Å². The van der Waals surface area contributed by atoms with Gasteiger partial charge in [-0.1, -0.05) is 29.8 Å². The van der Waals surface area contributed by atoms with E-state index in [0.717, 1.165) is 0 Å². The molecule has 0 radical (unpaired) electrons. The third kappa shape index (κ3) is 4.82. The van der Waals surface area contributed by atoms with Crippen LogP contribution in [-0.2, 0) is 10.0 Å². The van der Waals surface area contributed by atoms with Gasteiger partial charge in [0.2, 0.25) is 10.0 Å². The Labute approximate surface area is 134 Å². The van der Waals surface area contributed by atoms with Gasteiger partial charge < -0.3 is 9.47 Å². The lowest BCUT2D eigenvalue weighted by Gasteiger charge is -2.12. The van der Waals surface area contributed by atoms with Gasteiger partial charge in [-0.25, -0.2) is 8.42 Å². The van der Waals surface area contributed by atoms with Gasteiger partial charge >= 0.3 is 0 Å². The summed E-state index contributed by atoms with van der Waals surface area (Å²) in [7, 11) is -2.11. The molecule has 0 aliphatic rings. The molecule has 1 N–H and O–H groups in total. The molecule has 2 rings (SSSR count). The lowest BCUT2D eigenvalue weighted by atomic mass is 10.3. The molecule has 0 saturated heterocycles. The molecule has 0 saturated carbocycles. The highest BCUT2D eigenvalue weighted by Gasteiger charge is 2.14. The van der Waals surface area contributed by atoms with E-state index in [0.29, 0.717) is 22.2 Å². The van der Waals surface area contributed by atoms with E-state index in [4.69, 9.17) is 21.1 Å². The number of methoxy groups -OCH3 is 1. The van der Waals surface area contributed by atoms with Crippen LogP contribution in [0.25, 0.3) is 0 Å². The van der Waals surface area contributed by atoms with Crippen molar-refractivity contribution in [2.75, 3.05) is 24.2 Å². The van der Waals surface area contributed by atoms with Crippen LogP contribution in [0.1, 0.15) is 0 Å². The fourth-order valence-electron chi connectivity index (χ4n) is 1.76. The second-order valence-electron chi connectivity index (χ2n) is 4.43. The summed E-state index contributed by atoms with van der Waals surface area (Å²) >= 11 is 5.87. The molecule has 0 spiro atoms. The summed E-state index contributed by atoms with van der Waals surface area (Å²) in [6.07, 6.45) is 0. The molecular formula is C15H16ClNO4S. The molecule has 5 nitrogen and oxygen atoms in total. The number of nitrogens with one attached hydrogen (secondary N) is 1. The van der Waals surface area contributed by atoms with Gasteiger partial charge in [-0.2, -0.15) is 0 Å². The maximum absolute atomic E-state index is 12.1. The molecule has 0 bridgehead atoms. The van der Waals surface area contributed by atoms with Crippen molar-refractivity contribution in [3.63, 3.8) is 0 Å². The van der Waals surface area contributed by atoms with Crippen LogP contribution in [0, 0.1) is 0 Å². The zero-order valence-electron chi connectivity index (χ0n) is 12.0. The summed E-state index contributed by atoms with van der Waals surface area (Å²) in [5.41, 5.74) is 0.301. The molecule has 0 aliphatic heterocycles. The van der Waals surface area contributed by atoms with Gasteiger partial charge in [0.1, 0.15) is 23.9 Å². The van der Waals surface area contributed by atoms with E-state index in [-0.39, 0.29) is 12.4 Å². The van der Waals surface area contributed by atoms with Crippen LogP contribution in [0.15, 0.2) is 48.5 Å². The van der Waals surface area contributed by atoms with E-state index >= 15 is 0 Å². The van der Waals surface area contributed by atoms with Gasteiger partial charge in [-0.05, 0) is 30.3 Å². The summed E-state index contributed by atoms with van der Waals surface area (Å²) < 4.78 is 37.1. The molecule has 2 aromatic carbocycles. The maximum Gasteiger partial charge on any atom is 0.236 e. The highest BCUT2D eigenvalue weighted by molar-refractivity contribution is 7.92. The van der Waals surface area contributed by atoms with Crippen molar-refractivity contribution in [2.45, 2.75) is 0 Å². The number of para-hydroxylation sites is 1. The predicted octanol–water partition coefficient (Wildman–Crippen LogP) is 3.17. The monoisotopic (exact) mass is 341 g/mol. The van der Waals surface area contributed by atoms with Gasteiger partial charge in [0.05, 0.1) is 12.8 Å². The molecule has 7 heteroatoms. The predicted molar refractivity (Wildman–Crippen MR) is 87.4 cm³/mol. The average molecular weight is 342 g/mol. The van der Waals surface area contributed by atoms with E-state index in [2.05, 4.69) is 4.72 Å². The molecule has 0 aliphatic carbocycles.